The predicted octanol–water partition coefficient (Wildman–Crippen LogP) is 3.80. The Balaban J connectivity index is 2.95. The minimum Gasteiger partial charge on any atom is -0.388 e. The first-order valence-electron chi connectivity index (χ1n) is 5.15. The summed E-state index contributed by atoms with van der Waals surface area (Å²) in [5.41, 5.74) is 1.13. The van der Waals surface area contributed by atoms with Gasteiger partial charge in [-0.1, -0.05) is 38.1 Å². The summed E-state index contributed by atoms with van der Waals surface area (Å²) in [6.07, 6.45) is -7.01. The van der Waals surface area contributed by atoms with Crippen molar-refractivity contribution in [1.29, 1.82) is 0 Å². The van der Waals surface area contributed by atoms with Crippen molar-refractivity contribution in [1.82, 2.24) is 0 Å². The topological polar surface area (TPSA) is 20.2 Å². The molecule has 0 bridgehead atoms. The van der Waals surface area contributed by atoms with Crippen molar-refractivity contribution in [2.45, 2.75) is 38.5 Å². The van der Waals surface area contributed by atoms with E-state index in [1.54, 1.807) is 24.3 Å². The predicted molar refractivity (Wildman–Crippen MR) is 56.2 cm³/mol. The molecule has 0 aromatic heterocycles. The first-order chi connectivity index (χ1) is 7.31. The molecule has 90 valence electrons. The van der Waals surface area contributed by atoms with Gasteiger partial charge in [0.15, 0.2) is 0 Å². The van der Waals surface area contributed by atoms with Gasteiger partial charge in [-0.25, -0.2) is 0 Å². The third-order valence-corrected chi connectivity index (χ3v) is 2.40. The van der Waals surface area contributed by atoms with Crippen LogP contribution in [0.4, 0.5) is 13.2 Å². The number of aliphatic hydroxyl groups is 1. The van der Waals surface area contributed by atoms with Crippen molar-refractivity contribution in [3.05, 3.63) is 35.4 Å². The van der Waals surface area contributed by atoms with E-state index in [9.17, 15) is 18.3 Å². The van der Waals surface area contributed by atoms with Gasteiger partial charge in [0.25, 0.3) is 0 Å². The summed E-state index contributed by atoms with van der Waals surface area (Å²) in [6.45, 7) is 3.78. The Bertz CT molecular complexity index is 344. The molecule has 1 aromatic rings. The van der Waals surface area contributed by atoms with Crippen LogP contribution in [-0.4, -0.2) is 11.3 Å². The summed E-state index contributed by atoms with van der Waals surface area (Å²) in [5.74, 6) is 0.0964. The number of hydrogen-bond acceptors (Lipinski definition) is 1. The van der Waals surface area contributed by atoms with Crippen LogP contribution in [0.5, 0.6) is 0 Å². The average molecular weight is 232 g/mol. The van der Waals surface area contributed by atoms with E-state index >= 15 is 0 Å². The molecule has 1 aromatic carbocycles. The number of alkyl halides is 3. The lowest BCUT2D eigenvalue weighted by Crippen LogP contribution is -2.15. The summed E-state index contributed by atoms with van der Waals surface area (Å²) in [4.78, 5) is 0. The molecule has 0 spiro atoms. The van der Waals surface area contributed by atoms with Crippen molar-refractivity contribution in [3.63, 3.8) is 0 Å². The lowest BCUT2D eigenvalue weighted by molar-refractivity contribution is -0.154. The largest absolute Gasteiger partial charge is 0.391 e. The van der Waals surface area contributed by atoms with E-state index in [4.69, 9.17) is 0 Å². The van der Waals surface area contributed by atoms with Crippen molar-refractivity contribution in [2.24, 2.45) is 0 Å². The van der Waals surface area contributed by atoms with Gasteiger partial charge in [0.1, 0.15) is 0 Å². The zero-order valence-electron chi connectivity index (χ0n) is 9.25. The average Bonchev–Trinajstić information content (AvgIpc) is 2.15. The fourth-order valence-electron chi connectivity index (χ4n) is 1.67. The molecule has 0 saturated heterocycles. The zero-order valence-corrected chi connectivity index (χ0v) is 9.25. The Kier molecular flexibility index (Phi) is 3.97. The summed E-state index contributed by atoms with van der Waals surface area (Å²) in [6, 6.07) is 6.70. The molecule has 0 heterocycles. The van der Waals surface area contributed by atoms with E-state index in [2.05, 4.69) is 0 Å². The van der Waals surface area contributed by atoms with Gasteiger partial charge in [-0.15, -0.1) is 0 Å². The Morgan fingerprint density at radius 1 is 1.12 bits per heavy atom. The highest BCUT2D eigenvalue weighted by Gasteiger charge is 2.32. The van der Waals surface area contributed by atoms with Gasteiger partial charge < -0.3 is 5.11 Å². The lowest BCUT2D eigenvalue weighted by atomic mass is 9.93. The standard InChI is InChI=1S/C12H15F3O/c1-8(2)9-5-3-4-6-10(9)11(16)7-12(13,14)15/h3-6,8,11,16H,7H2,1-2H3. The van der Waals surface area contributed by atoms with Gasteiger partial charge in [-0.2, -0.15) is 13.2 Å². The Hall–Kier alpha value is -1.03. The summed E-state index contributed by atoms with van der Waals surface area (Å²) >= 11 is 0. The van der Waals surface area contributed by atoms with Crippen LogP contribution in [0.25, 0.3) is 0 Å². The van der Waals surface area contributed by atoms with E-state index in [1.165, 1.54) is 0 Å². The second kappa shape index (κ2) is 4.87. The van der Waals surface area contributed by atoms with Gasteiger partial charge in [0.2, 0.25) is 0 Å². The quantitative estimate of drug-likeness (QED) is 0.840. The molecule has 0 aliphatic rings. The van der Waals surface area contributed by atoms with E-state index < -0.39 is 18.7 Å². The molecule has 1 nitrogen and oxygen atoms in total. The highest BCUT2D eigenvalue weighted by molar-refractivity contribution is 5.31. The molecule has 1 unspecified atom stereocenters. The fourth-order valence-corrected chi connectivity index (χ4v) is 1.67. The van der Waals surface area contributed by atoms with Gasteiger partial charge in [0.05, 0.1) is 12.5 Å². The number of halogens is 3. The molecule has 0 fully saturated rings. The molecule has 1 N–H and O–H groups in total. The number of benzene rings is 1. The van der Waals surface area contributed by atoms with Gasteiger partial charge >= 0.3 is 6.18 Å². The maximum absolute atomic E-state index is 12.2. The van der Waals surface area contributed by atoms with Crippen LogP contribution >= 0.6 is 0 Å². The highest BCUT2D eigenvalue weighted by Crippen LogP contribution is 2.32. The van der Waals surface area contributed by atoms with Crippen molar-refractivity contribution < 1.29 is 18.3 Å². The Labute approximate surface area is 92.9 Å². The molecule has 16 heavy (non-hydrogen) atoms. The van der Waals surface area contributed by atoms with Crippen LogP contribution in [-0.2, 0) is 0 Å². The van der Waals surface area contributed by atoms with E-state index in [-0.39, 0.29) is 5.92 Å². The van der Waals surface area contributed by atoms with Gasteiger partial charge in [-0.3, -0.25) is 0 Å². The Morgan fingerprint density at radius 2 is 1.62 bits per heavy atom. The smallest absolute Gasteiger partial charge is 0.388 e. The second-order valence-corrected chi connectivity index (χ2v) is 4.12. The fraction of sp³-hybridized carbons (Fsp3) is 0.500. The van der Waals surface area contributed by atoms with Crippen molar-refractivity contribution >= 4 is 0 Å². The first-order valence-corrected chi connectivity index (χ1v) is 5.15. The zero-order chi connectivity index (χ0) is 12.3. The number of hydrogen-bond donors (Lipinski definition) is 1. The number of aliphatic hydroxyl groups excluding tert-OH is 1. The molecule has 1 rings (SSSR count). The first kappa shape index (κ1) is 13.0. The van der Waals surface area contributed by atoms with Crippen molar-refractivity contribution in [2.75, 3.05) is 0 Å². The summed E-state index contributed by atoms with van der Waals surface area (Å²) in [7, 11) is 0. The van der Waals surface area contributed by atoms with Crippen LogP contribution in [0.3, 0.4) is 0 Å². The monoisotopic (exact) mass is 232 g/mol. The second-order valence-electron chi connectivity index (χ2n) is 4.12. The maximum atomic E-state index is 12.2. The molecule has 0 amide bonds. The van der Waals surface area contributed by atoms with E-state index in [0.717, 1.165) is 5.56 Å². The highest BCUT2D eigenvalue weighted by atomic mass is 19.4. The van der Waals surface area contributed by atoms with E-state index in [0.29, 0.717) is 5.56 Å². The SMILES string of the molecule is CC(C)c1ccccc1C(O)CC(F)(F)F. The number of rotatable bonds is 3. The molecule has 0 aliphatic heterocycles. The molecule has 0 saturated carbocycles. The molecular weight excluding hydrogens is 217 g/mol. The van der Waals surface area contributed by atoms with E-state index in [1.807, 2.05) is 13.8 Å². The minimum atomic E-state index is -4.34. The van der Waals surface area contributed by atoms with Crippen LogP contribution in [0.1, 0.15) is 43.4 Å². The summed E-state index contributed by atoms with van der Waals surface area (Å²) in [5, 5.41) is 9.57. The maximum Gasteiger partial charge on any atom is 0.391 e. The van der Waals surface area contributed by atoms with Crippen LogP contribution < -0.4 is 0 Å². The van der Waals surface area contributed by atoms with Gasteiger partial charge in [0, 0.05) is 0 Å². The minimum absolute atomic E-state index is 0.0964. The van der Waals surface area contributed by atoms with Crippen molar-refractivity contribution in [3.8, 4) is 0 Å². The third-order valence-electron chi connectivity index (χ3n) is 2.40. The normalized spacial score (nSPS) is 14.2. The molecule has 0 aliphatic carbocycles. The van der Waals surface area contributed by atoms with Crippen LogP contribution in [0.15, 0.2) is 24.3 Å². The summed E-state index contributed by atoms with van der Waals surface area (Å²) < 4.78 is 36.5. The van der Waals surface area contributed by atoms with Crippen LogP contribution in [0.2, 0.25) is 0 Å². The Morgan fingerprint density at radius 3 is 2.06 bits per heavy atom. The molecule has 1 atom stereocenters. The molecular formula is C12H15F3O. The lowest BCUT2D eigenvalue weighted by Gasteiger charge is -2.18. The van der Waals surface area contributed by atoms with Gasteiger partial charge in [-0.05, 0) is 17.0 Å². The molecule has 0 radical (unpaired) electrons. The third kappa shape index (κ3) is 3.52. The van der Waals surface area contributed by atoms with Crippen LogP contribution in [0, 0.1) is 0 Å². The molecule has 4 heteroatoms.